The zero-order valence-electron chi connectivity index (χ0n) is 22.6. The number of hydrogen-bond donors (Lipinski definition) is 1. The van der Waals surface area contributed by atoms with Gasteiger partial charge >= 0.3 is 0 Å². The number of benzene rings is 3. The van der Waals surface area contributed by atoms with Crippen molar-refractivity contribution in [2.24, 2.45) is 0 Å². The maximum atomic E-state index is 13.3. The molecule has 2 amide bonds. The molecule has 1 saturated carbocycles. The van der Waals surface area contributed by atoms with Gasteiger partial charge in [-0.3, -0.25) is 19.5 Å². The average molecular weight is 525 g/mol. The van der Waals surface area contributed by atoms with Crippen LogP contribution in [-0.4, -0.2) is 53.1 Å². The van der Waals surface area contributed by atoms with Crippen LogP contribution in [0.25, 0.3) is 16.9 Å². The maximum absolute atomic E-state index is 13.3. The van der Waals surface area contributed by atoms with E-state index >= 15 is 0 Å². The highest BCUT2D eigenvalue weighted by molar-refractivity contribution is 5.99. The lowest BCUT2D eigenvalue weighted by molar-refractivity contribution is -0.117. The topological polar surface area (TPSA) is 85.7 Å². The zero-order chi connectivity index (χ0) is 27.5. The lowest BCUT2D eigenvalue weighted by Crippen LogP contribution is -2.39. The van der Waals surface area contributed by atoms with E-state index in [9.17, 15) is 9.59 Å². The van der Waals surface area contributed by atoms with E-state index in [1.54, 1.807) is 43.4 Å². The van der Waals surface area contributed by atoms with Crippen molar-refractivity contribution in [1.82, 2.24) is 14.5 Å². The molecule has 200 valence electrons. The fourth-order valence-electron chi connectivity index (χ4n) is 4.41. The predicted octanol–water partition coefficient (Wildman–Crippen LogP) is 5.42. The van der Waals surface area contributed by atoms with Crippen molar-refractivity contribution in [2.75, 3.05) is 26.1 Å². The summed E-state index contributed by atoms with van der Waals surface area (Å²) >= 11 is 0. The number of aryl methyl sites for hydroxylation is 2. The van der Waals surface area contributed by atoms with Gasteiger partial charge in [-0.15, -0.1) is 0 Å². The smallest absolute Gasteiger partial charge is 0.254 e. The van der Waals surface area contributed by atoms with Crippen molar-refractivity contribution in [2.45, 2.75) is 32.7 Å². The second-order valence-electron chi connectivity index (χ2n) is 9.76. The molecule has 5 rings (SSSR count). The van der Waals surface area contributed by atoms with E-state index < -0.39 is 0 Å². The Bertz CT molecular complexity index is 1490. The number of amides is 2. The van der Waals surface area contributed by atoms with Gasteiger partial charge in [0.2, 0.25) is 11.9 Å². The molecular weight excluding hydrogens is 492 g/mol. The minimum absolute atomic E-state index is 0.0553. The Morgan fingerprint density at radius 3 is 2.15 bits per heavy atom. The lowest BCUT2D eigenvalue weighted by Gasteiger charge is -2.22. The van der Waals surface area contributed by atoms with E-state index in [-0.39, 0.29) is 24.4 Å². The minimum atomic E-state index is -0.305. The summed E-state index contributed by atoms with van der Waals surface area (Å²) < 4.78 is 12.4. The Balaban J connectivity index is 1.41. The van der Waals surface area contributed by atoms with Crippen LogP contribution >= 0.6 is 0 Å². The first-order chi connectivity index (χ1) is 18.9. The second kappa shape index (κ2) is 11.0. The van der Waals surface area contributed by atoms with Gasteiger partial charge < -0.3 is 14.4 Å². The van der Waals surface area contributed by atoms with Crippen LogP contribution in [0.4, 0.5) is 5.95 Å². The molecule has 0 radical (unpaired) electrons. The van der Waals surface area contributed by atoms with Crippen molar-refractivity contribution in [1.29, 1.82) is 0 Å². The van der Waals surface area contributed by atoms with E-state index in [1.165, 1.54) is 5.56 Å². The first-order valence-corrected chi connectivity index (χ1v) is 12.9. The Morgan fingerprint density at radius 2 is 1.56 bits per heavy atom. The van der Waals surface area contributed by atoms with Gasteiger partial charge in [0.1, 0.15) is 18.0 Å². The Labute approximate surface area is 228 Å². The summed E-state index contributed by atoms with van der Waals surface area (Å²) in [4.78, 5) is 33.0. The Kier molecular flexibility index (Phi) is 7.36. The monoisotopic (exact) mass is 524 g/mol. The number of aromatic nitrogens is 2. The van der Waals surface area contributed by atoms with Crippen LogP contribution in [0.1, 0.15) is 34.3 Å². The average Bonchev–Trinajstić information content (AvgIpc) is 3.72. The molecule has 0 atom stereocenters. The molecule has 0 bridgehead atoms. The van der Waals surface area contributed by atoms with Crippen molar-refractivity contribution in [3.8, 4) is 28.4 Å². The number of anilines is 1. The minimum Gasteiger partial charge on any atom is -0.497 e. The second-order valence-corrected chi connectivity index (χ2v) is 9.76. The number of rotatable bonds is 9. The van der Waals surface area contributed by atoms with Crippen LogP contribution in [0.3, 0.4) is 0 Å². The third kappa shape index (κ3) is 5.80. The molecule has 0 saturated heterocycles. The van der Waals surface area contributed by atoms with Crippen molar-refractivity contribution >= 4 is 17.8 Å². The van der Waals surface area contributed by atoms with Gasteiger partial charge in [-0.05, 0) is 98.5 Å². The summed E-state index contributed by atoms with van der Waals surface area (Å²) in [5.74, 6) is 1.34. The maximum Gasteiger partial charge on any atom is 0.254 e. The van der Waals surface area contributed by atoms with Crippen LogP contribution < -0.4 is 14.8 Å². The molecule has 3 aromatic carbocycles. The molecule has 1 N–H and O–H groups in total. The molecule has 0 spiro atoms. The number of nitrogens with one attached hydrogen (secondary N) is 1. The zero-order valence-corrected chi connectivity index (χ0v) is 22.6. The quantitative estimate of drug-likeness (QED) is 0.316. The van der Waals surface area contributed by atoms with Gasteiger partial charge in [0.25, 0.3) is 5.91 Å². The fourth-order valence-corrected chi connectivity index (χ4v) is 4.41. The van der Waals surface area contributed by atoms with E-state index in [0.29, 0.717) is 23.0 Å². The van der Waals surface area contributed by atoms with Crippen molar-refractivity contribution < 1.29 is 19.1 Å². The van der Waals surface area contributed by atoms with Gasteiger partial charge in [0.15, 0.2) is 0 Å². The van der Waals surface area contributed by atoms with E-state index in [1.807, 2.05) is 47.2 Å². The predicted molar refractivity (Wildman–Crippen MR) is 151 cm³/mol. The highest BCUT2D eigenvalue weighted by atomic mass is 16.5. The SMILES string of the molecule is COc1ccc(C(=O)N(CC(=O)Nc2nc(-c3ccc(OC)cc3)cn2-c2ccc(C)c(C)c2)C2CC2)cc1. The summed E-state index contributed by atoms with van der Waals surface area (Å²) in [6.07, 6.45) is 3.67. The van der Waals surface area contributed by atoms with Gasteiger partial charge in [0.05, 0.1) is 19.9 Å². The third-order valence-electron chi connectivity index (χ3n) is 7.01. The van der Waals surface area contributed by atoms with Crippen LogP contribution in [0.2, 0.25) is 0 Å². The third-order valence-corrected chi connectivity index (χ3v) is 7.01. The van der Waals surface area contributed by atoms with Gasteiger partial charge in [-0.25, -0.2) is 4.98 Å². The number of methoxy groups -OCH3 is 2. The molecule has 0 aliphatic heterocycles. The van der Waals surface area contributed by atoms with E-state index in [2.05, 4.69) is 25.2 Å². The molecular formula is C31H32N4O4. The summed E-state index contributed by atoms with van der Waals surface area (Å²) in [6, 6.07) is 20.7. The molecule has 39 heavy (non-hydrogen) atoms. The highest BCUT2D eigenvalue weighted by Gasteiger charge is 2.34. The standard InChI is InChI=1S/C31H32N4O4/c1-20-5-10-25(17-21(20)2)35-18-28(22-6-13-26(38-3)14-7-22)32-31(35)33-29(36)19-34(24-11-12-24)30(37)23-8-15-27(39-4)16-9-23/h5-10,13-18,24H,11-12,19H2,1-4H3,(H,32,33,36). The van der Waals surface area contributed by atoms with Crippen LogP contribution in [-0.2, 0) is 4.79 Å². The molecule has 1 aromatic heterocycles. The molecule has 4 aromatic rings. The van der Waals surface area contributed by atoms with Gasteiger partial charge in [-0.1, -0.05) is 6.07 Å². The number of carbonyl (C=O) groups is 2. The van der Waals surface area contributed by atoms with Crippen molar-refractivity contribution in [3.05, 3.63) is 89.6 Å². The Hall–Kier alpha value is -4.59. The number of hydrogen-bond acceptors (Lipinski definition) is 5. The normalized spacial score (nSPS) is 12.6. The fraction of sp³-hybridized carbons (Fsp3) is 0.258. The van der Waals surface area contributed by atoms with Crippen LogP contribution in [0.15, 0.2) is 72.9 Å². The van der Waals surface area contributed by atoms with Gasteiger partial charge in [0, 0.05) is 29.1 Å². The first kappa shape index (κ1) is 26.0. The summed E-state index contributed by atoms with van der Waals surface area (Å²) in [5.41, 5.74) is 5.32. The van der Waals surface area contributed by atoms with Crippen LogP contribution in [0.5, 0.6) is 11.5 Å². The molecule has 8 heteroatoms. The molecule has 1 fully saturated rings. The highest BCUT2D eigenvalue weighted by Crippen LogP contribution is 2.30. The van der Waals surface area contributed by atoms with E-state index in [0.717, 1.165) is 35.4 Å². The molecule has 1 heterocycles. The van der Waals surface area contributed by atoms with Crippen LogP contribution in [0, 0.1) is 13.8 Å². The molecule has 1 aliphatic carbocycles. The van der Waals surface area contributed by atoms with Crippen molar-refractivity contribution in [3.63, 3.8) is 0 Å². The summed E-state index contributed by atoms with van der Waals surface area (Å²) in [5, 5.41) is 2.97. The number of imidazole rings is 1. The number of nitrogens with zero attached hydrogens (tertiary/aromatic N) is 3. The molecule has 0 unspecified atom stereocenters. The molecule has 8 nitrogen and oxygen atoms in total. The Morgan fingerprint density at radius 1 is 0.923 bits per heavy atom. The molecule has 1 aliphatic rings. The largest absolute Gasteiger partial charge is 0.497 e. The number of carbonyl (C=O) groups excluding carboxylic acids is 2. The summed E-state index contributed by atoms with van der Waals surface area (Å²) in [6.45, 7) is 4.05. The first-order valence-electron chi connectivity index (χ1n) is 12.9. The number of ether oxygens (including phenoxy) is 2. The lowest BCUT2D eigenvalue weighted by atomic mass is 10.1. The summed E-state index contributed by atoms with van der Waals surface area (Å²) in [7, 11) is 3.21. The van der Waals surface area contributed by atoms with E-state index in [4.69, 9.17) is 14.5 Å². The van der Waals surface area contributed by atoms with Gasteiger partial charge in [-0.2, -0.15) is 0 Å².